The molecule has 4 aromatic rings. The minimum atomic E-state index is -5.43. The molecule has 230 valence electrons. The summed E-state index contributed by atoms with van der Waals surface area (Å²) < 4.78 is 103. The predicted molar refractivity (Wildman–Crippen MR) is 148 cm³/mol. The van der Waals surface area contributed by atoms with Crippen LogP contribution in [0.25, 0.3) is 10.8 Å². The van der Waals surface area contributed by atoms with E-state index in [4.69, 9.17) is 0 Å². The Morgan fingerprint density at radius 3 is 1.81 bits per heavy atom. The maximum Gasteiger partial charge on any atom is 1.00 e. The largest absolute Gasteiger partial charge is 1.00 e. The second kappa shape index (κ2) is 16.3. The number of rotatable bonds is 8. The second-order valence-corrected chi connectivity index (χ2v) is 13.1. The van der Waals surface area contributed by atoms with E-state index >= 15 is 0 Å². The average Bonchev–Trinajstić information content (AvgIpc) is 2.92. The van der Waals surface area contributed by atoms with Gasteiger partial charge in [-0.05, 0) is 65.7 Å². The van der Waals surface area contributed by atoms with Crippen LogP contribution < -0.4 is 98.9 Å². The van der Waals surface area contributed by atoms with Gasteiger partial charge in [-0.3, -0.25) is 29.2 Å². The molecule has 4 rings (SSSR count). The maximum absolute atomic E-state index is 13.2. The first-order valence-electron chi connectivity index (χ1n) is 11.7. The van der Waals surface area contributed by atoms with Gasteiger partial charge in [-0.25, -0.2) is 8.42 Å². The standard InChI is InChI=1S/C25H19N3O13S3.3Na/c1-13-5-6-15(10-20(13)27-24(29)14-3-2-4-16(9-14)28(31)32)25(30)26-19-7-8-21(43(36,37)38)18-11-17(42(33,34)35)12-22(23(18)19)44(39,40)41;;;/h2-12H,1H3,(H,26,30)(H,27,29)(H,33,34,35)(H,36,37,38)(H,39,40,41);;;/q;3*+1/p-3. The number of nitro benzene ring substituents is 1. The van der Waals surface area contributed by atoms with Crippen molar-refractivity contribution in [3.63, 3.8) is 0 Å². The number of nitro groups is 1. The smallest absolute Gasteiger partial charge is 0.858 e. The average molecular weight is 732 g/mol. The third-order valence-electron chi connectivity index (χ3n) is 6.04. The van der Waals surface area contributed by atoms with E-state index in [1.54, 1.807) is 0 Å². The molecule has 0 radical (unpaired) electrons. The van der Waals surface area contributed by atoms with Crippen molar-refractivity contribution in [2.24, 2.45) is 9.98 Å². The topological polar surface area (TPSA) is 280 Å². The Morgan fingerprint density at radius 2 is 1.28 bits per heavy atom. The summed E-state index contributed by atoms with van der Waals surface area (Å²) in [6.07, 6.45) is 0. The van der Waals surface area contributed by atoms with Gasteiger partial charge in [0.1, 0.15) is 19.9 Å². The molecule has 0 aliphatic heterocycles. The van der Waals surface area contributed by atoms with Gasteiger partial charge in [0.15, 0.2) is 0 Å². The van der Waals surface area contributed by atoms with Crippen molar-refractivity contribution < 1.29 is 143 Å². The zero-order valence-electron chi connectivity index (χ0n) is 24.8. The predicted octanol–water partition coefficient (Wildman–Crippen LogP) is -7.66. The quantitative estimate of drug-likeness (QED) is 0.0426. The van der Waals surface area contributed by atoms with E-state index in [-0.39, 0.29) is 117 Å². The Morgan fingerprint density at radius 1 is 0.723 bits per heavy atom. The van der Waals surface area contributed by atoms with Gasteiger partial charge in [0.25, 0.3) is 25.9 Å². The molecule has 0 saturated carbocycles. The summed E-state index contributed by atoms with van der Waals surface area (Å²) in [6.45, 7) is 1.53. The van der Waals surface area contributed by atoms with Crippen molar-refractivity contribution in [3.05, 3.63) is 93.5 Å². The fraction of sp³-hybridized carbons (Fsp3) is 0.0400. The summed E-state index contributed by atoms with van der Waals surface area (Å²) in [5.74, 6) is -2.00. The molecule has 0 aromatic heterocycles. The molecule has 0 spiro atoms. The van der Waals surface area contributed by atoms with Crippen LogP contribution in [0.5, 0.6) is 0 Å². The van der Waals surface area contributed by atoms with Crippen molar-refractivity contribution in [2.75, 3.05) is 0 Å². The third kappa shape index (κ3) is 10.1. The minimum Gasteiger partial charge on any atom is -0.858 e. The van der Waals surface area contributed by atoms with E-state index in [9.17, 15) is 59.2 Å². The van der Waals surface area contributed by atoms with Crippen LogP contribution in [0.3, 0.4) is 0 Å². The molecule has 0 amide bonds. The normalized spacial score (nSPS) is 12.4. The molecule has 0 fully saturated rings. The third-order valence-corrected chi connectivity index (χ3v) is 8.64. The van der Waals surface area contributed by atoms with Crippen LogP contribution in [-0.4, -0.2) is 55.6 Å². The molecule has 2 N–H and O–H groups in total. The van der Waals surface area contributed by atoms with Gasteiger partial charge in [-0.1, -0.05) is 24.3 Å². The summed E-state index contributed by atoms with van der Waals surface area (Å²) in [6, 6.07) is 10.6. The summed E-state index contributed by atoms with van der Waals surface area (Å²) in [4.78, 5) is 14.3. The van der Waals surface area contributed by atoms with E-state index < -0.39 is 78.2 Å². The minimum absolute atomic E-state index is 0. The molecule has 0 heterocycles. The summed E-state index contributed by atoms with van der Waals surface area (Å²) >= 11 is 0. The molecule has 47 heavy (non-hydrogen) atoms. The van der Waals surface area contributed by atoms with Crippen LogP contribution in [0.15, 0.2) is 91.4 Å². The maximum atomic E-state index is 13.2. The van der Waals surface area contributed by atoms with E-state index in [0.29, 0.717) is 17.7 Å². The number of hydrogen-bond donors (Lipinski definition) is 2. The SMILES string of the molecule is Cc1ccc(C([O-])=Nc2ccc(S(=O)(=O)O)c3cc(S(=O)(=O)[O-])cc(S(=O)(=O)O)c23)cc1N=C([O-])c1cccc([N+](=O)[O-])c1.[Na+].[Na+].[Na+]. The second-order valence-electron chi connectivity index (χ2n) is 8.97. The van der Waals surface area contributed by atoms with Gasteiger partial charge < -0.3 is 14.8 Å². The fourth-order valence-electron chi connectivity index (χ4n) is 4.01. The van der Waals surface area contributed by atoms with Crippen LogP contribution in [-0.2, 0) is 30.4 Å². The van der Waals surface area contributed by atoms with Crippen molar-refractivity contribution >= 4 is 70.0 Å². The molecule has 0 bridgehead atoms. The monoisotopic (exact) mass is 731 g/mol. The molecular weight excluding hydrogens is 715 g/mol. The van der Waals surface area contributed by atoms with Gasteiger partial charge >= 0.3 is 88.7 Å². The number of aryl methyl sites for hydroxylation is 1. The Kier molecular flexibility index (Phi) is 15.0. The first-order valence-corrected chi connectivity index (χ1v) is 15.9. The molecule has 0 atom stereocenters. The van der Waals surface area contributed by atoms with E-state index in [2.05, 4.69) is 9.98 Å². The van der Waals surface area contributed by atoms with Crippen molar-refractivity contribution in [3.8, 4) is 0 Å². The van der Waals surface area contributed by atoms with Crippen molar-refractivity contribution in [1.82, 2.24) is 0 Å². The Hall–Kier alpha value is -1.79. The number of nitrogens with zero attached hydrogens (tertiary/aromatic N) is 3. The van der Waals surface area contributed by atoms with Crippen molar-refractivity contribution in [2.45, 2.75) is 21.6 Å². The van der Waals surface area contributed by atoms with Crippen LogP contribution >= 0.6 is 0 Å². The number of fused-ring (bicyclic) bond motifs is 1. The number of benzene rings is 4. The van der Waals surface area contributed by atoms with Crippen LogP contribution in [0, 0.1) is 17.0 Å². The van der Waals surface area contributed by atoms with E-state index in [1.807, 2.05) is 0 Å². The number of aliphatic imine (C=N–C) groups is 2. The summed E-state index contributed by atoms with van der Waals surface area (Å²) in [5.41, 5.74) is -0.988. The van der Waals surface area contributed by atoms with Crippen LogP contribution in [0.4, 0.5) is 17.1 Å². The molecule has 22 heteroatoms. The molecular formula is C25H16N3Na3O13S3. The van der Waals surface area contributed by atoms with Gasteiger partial charge in [0.2, 0.25) is 0 Å². The summed E-state index contributed by atoms with van der Waals surface area (Å²) in [7, 11) is -16.0. The molecule has 0 aliphatic rings. The molecule has 0 aliphatic carbocycles. The zero-order chi connectivity index (χ0) is 32.8. The number of non-ortho nitro benzene ring substituents is 1. The van der Waals surface area contributed by atoms with Gasteiger partial charge in [-0.2, -0.15) is 16.8 Å². The Labute approximate surface area is 333 Å². The van der Waals surface area contributed by atoms with Gasteiger partial charge in [-0.15, -0.1) is 0 Å². The number of hydrogen-bond acceptors (Lipinski definition) is 13. The fourth-order valence-corrected chi connectivity index (χ4v) is 6.03. The first-order chi connectivity index (χ1) is 20.3. The summed E-state index contributed by atoms with van der Waals surface area (Å²) in [5, 5.41) is 35.2. The first kappa shape index (κ1) is 43.2. The molecule has 0 saturated heterocycles. The van der Waals surface area contributed by atoms with Gasteiger partial charge in [0.05, 0.1) is 21.2 Å². The molecule has 16 nitrogen and oxygen atoms in total. The van der Waals surface area contributed by atoms with E-state index in [1.165, 1.54) is 37.3 Å². The van der Waals surface area contributed by atoms with Crippen molar-refractivity contribution in [1.29, 1.82) is 0 Å². The molecule has 0 unspecified atom stereocenters. The molecule has 4 aromatic carbocycles. The Bertz CT molecular complexity index is 2280. The van der Waals surface area contributed by atoms with E-state index in [0.717, 1.165) is 18.2 Å². The van der Waals surface area contributed by atoms with Crippen LogP contribution in [0.1, 0.15) is 16.7 Å². The zero-order valence-corrected chi connectivity index (χ0v) is 33.3. The van der Waals surface area contributed by atoms with Crippen LogP contribution in [0.2, 0.25) is 0 Å². The Balaban J connectivity index is 0.00000368. The van der Waals surface area contributed by atoms with Gasteiger partial charge in [0, 0.05) is 22.9 Å².